The highest BCUT2D eigenvalue weighted by atomic mass is 16.5. The first-order chi connectivity index (χ1) is 10.7. The van der Waals surface area contributed by atoms with Gasteiger partial charge in [-0.15, -0.1) is 0 Å². The van der Waals surface area contributed by atoms with Crippen molar-refractivity contribution < 1.29 is 14.3 Å². The van der Waals surface area contributed by atoms with Crippen molar-refractivity contribution in [3.63, 3.8) is 0 Å². The summed E-state index contributed by atoms with van der Waals surface area (Å²) in [5, 5.41) is 2.10. The van der Waals surface area contributed by atoms with Crippen LogP contribution < -0.4 is 4.74 Å². The molecule has 22 heavy (non-hydrogen) atoms. The van der Waals surface area contributed by atoms with Crippen LogP contribution in [-0.4, -0.2) is 20.2 Å². The molecule has 0 N–H and O–H groups in total. The van der Waals surface area contributed by atoms with E-state index in [1.54, 1.807) is 13.2 Å². The molecular weight excluding hydrogens is 276 g/mol. The first kappa shape index (κ1) is 14.1. The average Bonchev–Trinajstić information content (AvgIpc) is 2.60. The van der Waals surface area contributed by atoms with Crippen molar-refractivity contribution in [1.82, 2.24) is 0 Å². The second-order valence-corrected chi connectivity index (χ2v) is 5.00. The van der Waals surface area contributed by atoms with Gasteiger partial charge in [-0.2, -0.15) is 0 Å². The standard InChI is InChI=1S/C19H16O3/c1-21-18-9-7-13(8-10-18)14-3-4-16-12-17(19(20)22-2)6-5-15(16)11-14/h3-12H,1-2H3. The van der Waals surface area contributed by atoms with Crippen molar-refractivity contribution in [1.29, 1.82) is 0 Å². The van der Waals surface area contributed by atoms with Gasteiger partial charge in [0.25, 0.3) is 0 Å². The van der Waals surface area contributed by atoms with Gasteiger partial charge in [0, 0.05) is 0 Å². The third-order valence-electron chi connectivity index (χ3n) is 3.68. The molecule has 110 valence electrons. The molecule has 3 aromatic rings. The van der Waals surface area contributed by atoms with Gasteiger partial charge in [0.05, 0.1) is 19.8 Å². The zero-order valence-electron chi connectivity index (χ0n) is 12.5. The molecule has 0 atom stereocenters. The van der Waals surface area contributed by atoms with E-state index in [4.69, 9.17) is 9.47 Å². The van der Waals surface area contributed by atoms with Gasteiger partial charge in [-0.25, -0.2) is 4.79 Å². The number of fused-ring (bicyclic) bond motifs is 1. The minimum atomic E-state index is -0.318. The maximum atomic E-state index is 11.6. The Balaban J connectivity index is 2.00. The van der Waals surface area contributed by atoms with E-state index in [9.17, 15) is 4.79 Å². The summed E-state index contributed by atoms with van der Waals surface area (Å²) >= 11 is 0. The Hall–Kier alpha value is -2.81. The number of benzene rings is 3. The van der Waals surface area contributed by atoms with E-state index in [0.717, 1.165) is 27.6 Å². The zero-order chi connectivity index (χ0) is 15.5. The molecule has 0 radical (unpaired) electrons. The van der Waals surface area contributed by atoms with Crippen LogP contribution in [0.15, 0.2) is 60.7 Å². The van der Waals surface area contributed by atoms with Gasteiger partial charge in [-0.3, -0.25) is 0 Å². The number of ether oxygens (including phenoxy) is 2. The summed E-state index contributed by atoms with van der Waals surface area (Å²) < 4.78 is 9.93. The highest BCUT2D eigenvalue weighted by Gasteiger charge is 2.06. The van der Waals surface area contributed by atoms with Crippen LogP contribution in [0.3, 0.4) is 0 Å². The molecule has 0 aliphatic rings. The predicted octanol–water partition coefficient (Wildman–Crippen LogP) is 4.30. The number of carbonyl (C=O) groups excluding carboxylic acids is 1. The Morgan fingerprint density at radius 2 is 1.41 bits per heavy atom. The normalized spacial score (nSPS) is 10.5. The monoisotopic (exact) mass is 292 g/mol. The van der Waals surface area contributed by atoms with Gasteiger partial charge in [-0.05, 0) is 52.2 Å². The summed E-state index contributed by atoms with van der Waals surface area (Å²) in [4.78, 5) is 11.6. The van der Waals surface area contributed by atoms with Crippen LogP contribution in [0, 0.1) is 0 Å². The summed E-state index contributed by atoms with van der Waals surface area (Å²) in [5.74, 6) is 0.522. The number of methoxy groups -OCH3 is 2. The van der Waals surface area contributed by atoms with E-state index >= 15 is 0 Å². The number of esters is 1. The molecular formula is C19H16O3. The zero-order valence-corrected chi connectivity index (χ0v) is 12.5. The molecule has 0 spiro atoms. The average molecular weight is 292 g/mol. The van der Waals surface area contributed by atoms with Crippen LogP contribution in [0.4, 0.5) is 0 Å². The maximum Gasteiger partial charge on any atom is 0.337 e. The molecule has 0 aromatic heterocycles. The Morgan fingerprint density at radius 3 is 2.09 bits per heavy atom. The molecule has 0 saturated carbocycles. The largest absolute Gasteiger partial charge is 0.497 e. The van der Waals surface area contributed by atoms with E-state index in [1.165, 1.54) is 7.11 Å². The molecule has 0 aliphatic carbocycles. The molecule has 3 rings (SSSR count). The minimum Gasteiger partial charge on any atom is -0.497 e. The van der Waals surface area contributed by atoms with Gasteiger partial charge in [-0.1, -0.05) is 30.3 Å². The van der Waals surface area contributed by atoms with Crippen molar-refractivity contribution in [2.75, 3.05) is 14.2 Å². The smallest absolute Gasteiger partial charge is 0.337 e. The fourth-order valence-electron chi connectivity index (χ4n) is 2.45. The first-order valence-electron chi connectivity index (χ1n) is 6.98. The number of hydrogen-bond acceptors (Lipinski definition) is 3. The third kappa shape index (κ3) is 2.66. The molecule has 3 aromatic carbocycles. The molecule has 0 amide bonds. The Labute approximate surface area is 129 Å². The number of carbonyl (C=O) groups is 1. The van der Waals surface area contributed by atoms with Gasteiger partial charge in [0.1, 0.15) is 5.75 Å². The Kier molecular flexibility index (Phi) is 3.79. The molecule has 3 heteroatoms. The summed E-state index contributed by atoms with van der Waals surface area (Å²) in [6, 6.07) is 19.7. The second-order valence-electron chi connectivity index (χ2n) is 5.00. The fourth-order valence-corrected chi connectivity index (χ4v) is 2.45. The Bertz CT molecular complexity index is 820. The van der Waals surface area contributed by atoms with Crippen LogP contribution >= 0.6 is 0 Å². The lowest BCUT2D eigenvalue weighted by Gasteiger charge is -2.07. The highest BCUT2D eigenvalue weighted by Crippen LogP contribution is 2.26. The van der Waals surface area contributed by atoms with E-state index < -0.39 is 0 Å². The van der Waals surface area contributed by atoms with E-state index in [1.807, 2.05) is 48.5 Å². The van der Waals surface area contributed by atoms with Crippen LogP contribution in [0.5, 0.6) is 5.75 Å². The Morgan fingerprint density at radius 1 is 0.773 bits per heavy atom. The highest BCUT2D eigenvalue weighted by molar-refractivity contribution is 5.96. The number of hydrogen-bond donors (Lipinski definition) is 0. The van der Waals surface area contributed by atoms with Gasteiger partial charge in [0.2, 0.25) is 0 Å². The molecule has 0 unspecified atom stereocenters. The first-order valence-corrected chi connectivity index (χ1v) is 6.98. The summed E-state index contributed by atoms with van der Waals surface area (Å²) in [6.07, 6.45) is 0. The molecule has 0 saturated heterocycles. The lowest BCUT2D eigenvalue weighted by molar-refractivity contribution is 0.0601. The molecule has 0 heterocycles. The predicted molar refractivity (Wildman–Crippen MR) is 87.3 cm³/mol. The van der Waals surface area contributed by atoms with Gasteiger partial charge < -0.3 is 9.47 Å². The number of rotatable bonds is 3. The topological polar surface area (TPSA) is 35.5 Å². The lowest BCUT2D eigenvalue weighted by Crippen LogP contribution is -2.00. The van der Waals surface area contributed by atoms with Crippen LogP contribution in [0.2, 0.25) is 0 Å². The maximum absolute atomic E-state index is 11.6. The van der Waals surface area contributed by atoms with Gasteiger partial charge >= 0.3 is 5.97 Å². The summed E-state index contributed by atoms with van der Waals surface area (Å²) in [6.45, 7) is 0. The second kappa shape index (κ2) is 5.90. The van der Waals surface area contributed by atoms with Crippen molar-refractivity contribution >= 4 is 16.7 Å². The van der Waals surface area contributed by atoms with E-state index in [-0.39, 0.29) is 5.97 Å². The molecule has 0 fully saturated rings. The lowest BCUT2D eigenvalue weighted by atomic mass is 10.00. The fraction of sp³-hybridized carbons (Fsp3) is 0.105. The van der Waals surface area contributed by atoms with Crippen LogP contribution in [0.25, 0.3) is 21.9 Å². The molecule has 0 bridgehead atoms. The summed E-state index contributed by atoms with van der Waals surface area (Å²) in [7, 11) is 3.04. The SMILES string of the molecule is COC(=O)c1ccc2cc(-c3ccc(OC)cc3)ccc2c1. The van der Waals surface area contributed by atoms with Crippen molar-refractivity contribution in [3.05, 3.63) is 66.2 Å². The van der Waals surface area contributed by atoms with E-state index in [2.05, 4.69) is 6.07 Å². The van der Waals surface area contributed by atoms with E-state index in [0.29, 0.717) is 5.56 Å². The quantitative estimate of drug-likeness (QED) is 0.675. The minimum absolute atomic E-state index is 0.318. The molecule has 3 nitrogen and oxygen atoms in total. The van der Waals surface area contributed by atoms with Crippen LogP contribution in [-0.2, 0) is 4.74 Å². The van der Waals surface area contributed by atoms with Gasteiger partial charge in [0.15, 0.2) is 0 Å². The van der Waals surface area contributed by atoms with Crippen molar-refractivity contribution in [2.24, 2.45) is 0 Å². The summed E-state index contributed by atoms with van der Waals surface area (Å²) in [5.41, 5.74) is 2.81. The van der Waals surface area contributed by atoms with Crippen molar-refractivity contribution in [2.45, 2.75) is 0 Å². The third-order valence-corrected chi connectivity index (χ3v) is 3.68. The van der Waals surface area contributed by atoms with Crippen molar-refractivity contribution in [3.8, 4) is 16.9 Å². The van der Waals surface area contributed by atoms with Crippen LogP contribution in [0.1, 0.15) is 10.4 Å². The molecule has 0 aliphatic heterocycles.